The molecule has 1 heterocycles. The fraction of sp³-hybridized carbons (Fsp3) is 0.583. The maximum atomic E-state index is 4.40. The predicted octanol–water partition coefficient (Wildman–Crippen LogP) is 2.34. The van der Waals surface area contributed by atoms with Gasteiger partial charge in [-0.3, -0.25) is 0 Å². The minimum atomic E-state index is 0.780. The lowest BCUT2D eigenvalue weighted by Gasteiger charge is -2.20. The largest absolute Gasteiger partial charge is 0.357 e. The van der Waals surface area contributed by atoms with E-state index in [4.69, 9.17) is 0 Å². The summed E-state index contributed by atoms with van der Waals surface area (Å²) in [7, 11) is 2.08. The maximum Gasteiger partial charge on any atom is 0.142 e. The van der Waals surface area contributed by atoms with Crippen molar-refractivity contribution in [1.82, 2.24) is 10.3 Å². The van der Waals surface area contributed by atoms with Crippen molar-refractivity contribution in [2.75, 3.05) is 25.0 Å². The highest BCUT2D eigenvalue weighted by molar-refractivity contribution is 9.10. The number of aryl methyl sites for hydroxylation is 1. The Morgan fingerprint density at radius 2 is 2.31 bits per heavy atom. The molecular weight excluding hydrogens is 266 g/mol. The number of nitrogens with one attached hydrogen (secondary N) is 1. The first kappa shape index (κ1) is 11.9. The quantitative estimate of drug-likeness (QED) is 0.899. The fourth-order valence-corrected chi connectivity index (χ4v) is 2.16. The molecule has 0 amide bonds. The summed E-state index contributed by atoms with van der Waals surface area (Å²) in [5, 5.41) is 3.51. The Morgan fingerprint density at radius 3 is 3.00 bits per heavy atom. The molecule has 1 aliphatic rings. The van der Waals surface area contributed by atoms with Crippen LogP contribution in [0, 0.1) is 6.92 Å². The molecule has 0 saturated heterocycles. The van der Waals surface area contributed by atoms with Crippen LogP contribution in [0.3, 0.4) is 0 Å². The molecule has 0 unspecified atom stereocenters. The molecule has 1 saturated carbocycles. The van der Waals surface area contributed by atoms with Gasteiger partial charge in [0, 0.05) is 32.4 Å². The van der Waals surface area contributed by atoms with Crippen LogP contribution in [0.4, 0.5) is 5.82 Å². The van der Waals surface area contributed by atoms with Gasteiger partial charge in [-0.05, 0) is 47.3 Å². The highest BCUT2D eigenvalue weighted by Crippen LogP contribution is 2.25. The molecule has 16 heavy (non-hydrogen) atoms. The number of anilines is 1. The van der Waals surface area contributed by atoms with Gasteiger partial charge in [0.25, 0.3) is 0 Å². The maximum absolute atomic E-state index is 4.40. The van der Waals surface area contributed by atoms with E-state index >= 15 is 0 Å². The number of hydrogen-bond acceptors (Lipinski definition) is 3. The van der Waals surface area contributed by atoms with Gasteiger partial charge in [0.2, 0.25) is 0 Å². The third kappa shape index (κ3) is 2.95. The van der Waals surface area contributed by atoms with Gasteiger partial charge in [-0.1, -0.05) is 0 Å². The SMILES string of the molecule is Cc1ccnc(N(C)CCNC2CC2)c1Br. The zero-order chi connectivity index (χ0) is 11.5. The molecule has 2 rings (SSSR count). The molecular formula is C12H18BrN3. The number of pyridine rings is 1. The lowest BCUT2D eigenvalue weighted by molar-refractivity contribution is 0.672. The summed E-state index contributed by atoms with van der Waals surface area (Å²) in [5.74, 6) is 1.03. The van der Waals surface area contributed by atoms with Crippen LogP contribution in [0.1, 0.15) is 18.4 Å². The van der Waals surface area contributed by atoms with Gasteiger partial charge in [-0.15, -0.1) is 0 Å². The number of halogens is 1. The molecule has 0 radical (unpaired) electrons. The van der Waals surface area contributed by atoms with Gasteiger partial charge in [-0.2, -0.15) is 0 Å². The highest BCUT2D eigenvalue weighted by atomic mass is 79.9. The molecule has 1 aromatic rings. The van der Waals surface area contributed by atoms with E-state index in [9.17, 15) is 0 Å². The van der Waals surface area contributed by atoms with Crippen molar-refractivity contribution in [3.63, 3.8) is 0 Å². The standard InChI is InChI=1S/C12H18BrN3/c1-9-5-6-15-12(11(9)13)16(2)8-7-14-10-3-4-10/h5-6,10,14H,3-4,7-8H2,1-2H3. The van der Waals surface area contributed by atoms with E-state index in [1.807, 2.05) is 12.3 Å². The minimum Gasteiger partial charge on any atom is -0.357 e. The van der Waals surface area contributed by atoms with Gasteiger partial charge in [0.1, 0.15) is 5.82 Å². The third-order valence-corrected chi connectivity index (χ3v) is 3.86. The van der Waals surface area contributed by atoms with E-state index in [0.29, 0.717) is 0 Å². The molecule has 0 spiro atoms. The summed E-state index contributed by atoms with van der Waals surface area (Å²) < 4.78 is 1.10. The van der Waals surface area contributed by atoms with Crippen LogP contribution < -0.4 is 10.2 Å². The first-order chi connectivity index (χ1) is 7.68. The molecule has 1 N–H and O–H groups in total. The Hall–Kier alpha value is -0.610. The lowest BCUT2D eigenvalue weighted by atomic mass is 10.3. The van der Waals surface area contributed by atoms with Crippen molar-refractivity contribution >= 4 is 21.7 Å². The second-order valence-corrected chi connectivity index (χ2v) is 5.21. The van der Waals surface area contributed by atoms with E-state index in [2.05, 4.69) is 45.1 Å². The number of aromatic nitrogens is 1. The smallest absolute Gasteiger partial charge is 0.142 e. The third-order valence-electron chi connectivity index (χ3n) is 2.88. The fourth-order valence-electron chi connectivity index (χ4n) is 1.62. The Morgan fingerprint density at radius 1 is 1.56 bits per heavy atom. The van der Waals surface area contributed by atoms with Crippen molar-refractivity contribution < 1.29 is 0 Å². The summed E-state index contributed by atoms with van der Waals surface area (Å²) in [6.45, 7) is 4.11. The van der Waals surface area contributed by atoms with E-state index in [1.54, 1.807) is 0 Å². The molecule has 1 fully saturated rings. The normalized spacial score (nSPS) is 15.2. The monoisotopic (exact) mass is 283 g/mol. The van der Waals surface area contributed by atoms with Crippen LogP contribution in [0.2, 0.25) is 0 Å². The molecule has 0 aliphatic heterocycles. The molecule has 1 aromatic heterocycles. The number of rotatable bonds is 5. The summed E-state index contributed by atoms with van der Waals surface area (Å²) in [5.41, 5.74) is 1.23. The first-order valence-corrected chi connectivity index (χ1v) is 6.53. The van der Waals surface area contributed by atoms with Crippen molar-refractivity contribution in [2.24, 2.45) is 0 Å². The van der Waals surface area contributed by atoms with Crippen molar-refractivity contribution in [3.8, 4) is 0 Å². The van der Waals surface area contributed by atoms with Crippen molar-refractivity contribution in [3.05, 3.63) is 22.3 Å². The predicted molar refractivity (Wildman–Crippen MR) is 71.0 cm³/mol. The van der Waals surface area contributed by atoms with Gasteiger partial charge in [-0.25, -0.2) is 4.98 Å². The van der Waals surface area contributed by atoms with Crippen LogP contribution >= 0.6 is 15.9 Å². The van der Waals surface area contributed by atoms with Crippen molar-refractivity contribution in [1.29, 1.82) is 0 Å². The Balaban J connectivity index is 1.91. The Bertz CT molecular complexity index is 363. The molecule has 0 aromatic carbocycles. The molecule has 88 valence electrons. The van der Waals surface area contributed by atoms with E-state index < -0.39 is 0 Å². The molecule has 0 atom stereocenters. The first-order valence-electron chi connectivity index (χ1n) is 5.74. The van der Waals surface area contributed by atoms with Crippen LogP contribution in [-0.2, 0) is 0 Å². The zero-order valence-corrected chi connectivity index (χ0v) is 11.4. The van der Waals surface area contributed by atoms with Gasteiger partial charge in [0.15, 0.2) is 0 Å². The van der Waals surface area contributed by atoms with Crippen molar-refractivity contribution in [2.45, 2.75) is 25.8 Å². The Labute approximate surface area is 105 Å². The lowest BCUT2D eigenvalue weighted by Crippen LogP contribution is -2.30. The van der Waals surface area contributed by atoms with Crippen LogP contribution in [0.25, 0.3) is 0 Å². The highest BCUT2D eigenvalue weighted by Gasteiger charge is 2.20. The van der Waals surface area contributed by atoms with E-state index in [-0.39, 0.29) is 0 Å². The van der Waals surface area contributed by atoms with Gasteiger partial charge < -0.3 is 10.2 Å². The number of hydrogen-bond donors (Lipinski definition) is 1. The van der Waals surface area contributed by atoms with Crippen LogP contribution in [0.5, 0.6) is 0 Å². The van der Waals surface area contributed by atoms with Gasteiger partial charge in [0.05, 0.1) is 4.47 Å². The molecule has 3 nitrogen and oxygen atoms in total. The van der Waals surface area contributed by atoms with Crippen LogP contribution in [-0.4, -0.2) is 31.2 Å². The summed E-state index contributed by atoms with van der Waals surface area (Å²) >= 11 is 3.59. The zero-order valence-electron chi connectivity index (χ0n) is 9.83. The second-order valence-electron chi connectivity index (χ2n) is 4.42. The summed E-state index contributed by atoms with van der Waals surface area (Å²) in [6, 6.07) is 2.80. The number of likely N-dealkylation sites (N-methyl/N-ethyl adjacent to an activating group) is 1. The topological polar surface area (TPSA) is 28.2 Å². The molecule has 4 heteroatoms. The summed E-state index contributed by atoms with van der Waals surface area (Å²) in [6.07, 6.45) is 4.55. The minimum absolute atomic E-state index is 0.780. The van der Waals surface area contributed by atoms with Crippen LogP contribution in [0.15, 0.2) is 16.7 Å². The number of nitrogens with zero attached hydrogens (tertiary/aromatic N) is 2. The average Bonchev–Trinajstić information content (AvgIpc) is 3.06. The second kappa shape index (κ2) is 5.15. The van der Waals surface area contributed by atoms with E-state index in [0.717, 1.165) is 29.4 Å². The molecule has 1 aliphatic carbocycles. The Kier molecular flexibility index (Phi) is 3.82. The van der Waals surface area contributed by atoms with Gasteiger partial charge >= 0.3 is 0 Å². The average molecular weight is 284 g/mol. The molecule has 0 bridgehead atoms. The van der Waals surface area contributed by atoms with E-state index in [1.165, 1.54) is 18.4 Å². The summed E-state index contributed by atoms with van der Waals surface area (Å²) in [4.78, 5) is 6.59.